The first-order chi connectivity index (χ1) is 10.8. The van der Waals surface area contributed by atoms with Gasteiger partial charge in [-0.05, 0) is 49.4 Å². The number of rotatable bonds is 10. The summed E-state index contributed by atoms with van der Waals surface area (Å²) in [5.41, 5.74) is 1.36. The largest absolute Gasteiger partial charge is 0.316 e. The number of unbranched alkanes of at least 4 members (excludes halogenated alkanes) is 1. The Morgan fingerprint density at radius 2 is 1.91 bits per heavy atom. The Balaban J connectivity index is 1.51. The Morgan fingerprint density at radius 3 is 2.64 bits per heavy atom. The summed E-state index contributed by atoms with van der Waals surface area (Å²) in [5, 5.41) is 4.96. The Hall–Kier alpha value is -1.16. The molecule has 1 aromatic heterocycles. The summed E-state index contributed by atoms with van der Waals surface area (Å²) < 4.78 is 0. The van der Waals surface area contributed by atoms with Gasteiger partial charge in [-0.2, -0.15) is 0 Å². The van der Waals surface area contributed by atoms with E-state index in [1.807, 2.05) is 23.6 Å². The minimum absolute atomic E-state index is 0.0636. The zero-order valence-corrected chi connectivity index (χ0v) is 14.2. The Labute approximate surface area is 141 Å². The fraction of sp³-hybridized carbons (Fsp3) is 0.389. The standard InChI is InChI=1S/C18H22ClNOS/c19-16(18(21)17-10-6-14-22-17)9-4-5-12-20-13-11-15-7-2-1-3-8-15/h1-3,6-8,10,14,16,20H,4-5,9,11-13H2. The first-order valence-corrected chi connectivity index (χ1v) is 9.05. The smallest absolute Gasteiger partial charge is 0.190 e. The molecule has 0 spiro atoms. The van der Waals surface area contributed by atoms with E-state index in [1.165, 1.54) is 16.9 Å². The van der Waals surface area contributed by atoms with Crippen molar-refractivity contribution in [3.8, 4) is 0 Å². The molecule has 0 amide bonds. The molecule has 0 saturated heterocycles. The molecule has 1 aromatic carbocycles. The van der Waals surface area contributed by atoms with Crippen molar-refractivity contribution in [3.05, 3.63) is 58.3 Å². The molecule has 1 N–H and O–H groups in total. The monoisotopic (exact) mass is 335 g/mol. The molecule has 2 rings (SSSR count). The molecule has 0 saturated carbocycles. The molecule has 22 heavy (non-hydrogen) atoms. The van der Waals surface area contributed by atoms with Crippen molar-refractivity contribution in [1.82, 2.24) is 5.32 Å². The highest BCUT2D eigenvalue weighted by molar-refractivity contribution is 7.12. The van der Waals surface area contributed by atoms with E-state index in [-0.39, 0.29) is 11.2 Å². The summed E-state index contributed by atoms with van der Waals surface area (Å²) in [6, 6.07) is 14.2. The number of ketones is 1. The second kappa shape index (κ2) is 9.78. The van der Waals surface area contributed by atoms with Crippen LogP contribution in [0.4, 0.5) is 0 Å². The Morgan fingerprint density at radius 1 is 1.09 bits per heavy atom. The van der Waals surface area contributed by atoms with E-state index in [0.29, 0.717) is 0 Å². The number of carbonyl (C=O) groups is 1. The molecule has 1 heterocycles. The van der Waals surface area contributed by atoms with Crippen LogP contribution in [0.3, 0.4) is 0 Å². The summed E-state index contributed by atoms with van der Waals surface area (Å²) in [4.78, 5) is 12.8. The SMILES string of the molecule is O=C(c1cccs1)C(Cl)CCCCNCCc1ccccc1. The lowest BCUT2D eigenvalue weighted by Crippen LogP contribution is -2.19. The van der Waals surface area contributed by atoms with Gasteiger partial charge in [0.25, 0.3) is 0 Å². The molecule has 4 heteroatoms. The van der Waals surface area contributed by atoms with Gasteiger partial charge in [-0.25, -0.2) is 0 Å². The minimum atomic E-state index is -0.386. The summed E-state index contributed by atoms with van der Waals surface area (Å²) in [7, 11) is 0. The van der Waals surface area contributed by atoms with Gasteiger partial charge in [0.15, 0.2) is 5.78 Å². The van der Waals surface area contributed by atoms with Crippen LogP contribution in [0.15, 0.2) is 47.8 Å². The summed E-state index contributed by atoms with van der Waals surface area (Å²) >= 11 is 7.64. The third kappa shape index (κ3) is 5.91. The van der Waals surface area contributed by atoms with Crippen molar-refractivity contribution >= 4 is 28.7 Å². The summed E-state index contributed by atoms with van der Waals surface area (Å²) in [6.45, 7) is 1.96. The third-order valence-electron chi connectivity index (χ3n) is 3.54. The predicted octanol–water partition coefficient (Wildman–Crippen LogP) is 4.54. The van der Waals surface area contributed by atoms with Crippen LogP contribution in [-0.4, -0.2) is 24.2 Å². The average Bonchev–Trinajstić information content (AvgIpc) is 3.08. The van der Waals surface area contributed by atoms with Crippen molar-refractivity contribution in [2.75, 3.05) is 13.1 Å². The lowest BCUT2D eigenvalue weighted by Gasteiger charge is -2.08. The van der Waals surface area contributed by atoms with Crippen molar-refractivity contribution < 1.29 is 4.79 Å². The third-order valence-corrected chi connectivity index (χ3v) is 4.84. The lowest BCUT2D eigenvalue weighted by atomic mass is 10.1. The van der Waals surface area contributed by atoms with Crippen LogP contribution in [0, 0.1) is 0 Å². The van der Waals surface area contributed by atoms with Crippen LogP contribution in [0.5, 0.6) is 0 Å². The van der Waals surface area contributed by atoms with Crippen LogP contribution in [0.2, 0.25) is 0 Å². The van der Waals surface area contributed by atoms with E-state index in [9.17, 15) is 4.79 Å². The van der Waals surface area contributed by atoms with Crippen LogP contribution in [0.25, 0.3) is 0 Å². The van der Waals surface area contributed by atoms with Gasteiger partial charge in [0.2, 0.25) is 0 Å². The second-order valence-electron chi connectivity index (χ2n) is 5.29. The number of Topliss-reactive ketones (excluding diaryl/α,β-unsaturated/α-hetero) is 1. The molecule has 118 valence electrons. The van der Waals surface area contributed by atoms with E-state index in [4.69, 9.17) is 11.6 Å². The van der Waals surface area contributed by atoms with Crippen LogP contribution < -0.4 is 5.32 Å². The van der Waals surface area contributed by atoms with Crippen molar-refractivity contribution in [2.45, 2.75) is 31.1 Å². The second-order valence-corrected chi connectivity index (χ2v) is 6.76. The van der Waals surface area contributed by atoms with Gasteiger partial charge in [-0.3, -0.25) is 4.79 Å². The van der Waals surface area contributed by atoms with Crippen molar-refractivity contribution in [1.29, 1.82) is 0 Å². The maximum atomic E-state index is 12.0. The number of thiophene rings is 1. The molecule has 0 fully saturated rings. The van der Waals surface area contributed by atoms with E-state index < -0.39 is 0 Å². The van der Waals surface area contributed by atoms with E-state index in [1.54, 1.807) is 0 Å². The molecule has 1 unspecified atom stereocenters. The average molecular weight is 336 g/mol. The van der Waals surface area contributed by atoms with E-state index >= 15 is 0 Å². The lowest BCUT2D eigenvalue weighted by molar-refractivity contribution is 0.0987. The highest BCUT2D eigenvalue weighted by atomic mass is 35.5. The molecular weight excluding hydrogens is 314 g/mol. The number of nitrogens with one attached hydrogen (secondary N) is 1. The van der Waals surface area contributed by atoms with E-state index in [0.717, 1.165) is 43.6 Å². The Kier molecular flexibility index (Phi) is 7.64. The van der Waals surface area contributed by atoms with Crippen molar-refractivity contribution in [3.63, 3.8) is 0 Å². The number of carbonyl (C=O) groups excluding carboxylic acids is 1. The number of hydrogen-bond acceptors (Lipinski definition) is 3. The first-order valence-electron chi connectivity index (χ1n) is 7.74. The zero-order chi connectivity index (χ0) is 15.6. The van der Waals surface area contributed by atoms with Gasteiger partial charge in [-0.1, -0.05) is 42.8 Å². The molecule has 2 aromatic rings. The molecule has 0 aliphatic rings. The van der Waals surface area contributed by atoms with Gasteiger partial charge in [0.05, 0.1) is 10.3 Å². The Bertz CT molecular complexity index is 541. The number of benzene rings is 1. The fourth-order valence-corrected chi connectivity index (χ4v) is 3.34. The van der Waals surface area contributed by atoms with Crippen LogP contribution in [0.1, 0.15) is 34.5 Å². The first kappa shape index (κ1) is 17.2. The molecule has 1 atom stereocenters. The maximum Gasteiger partial charge on any atom is 0.190 e. The normalized spacial score (nSPS) is 12.2. The minimum Gasteiger partial charge on any atom is -0.316 e. The van der Waals surface area contributed by atoms with Crippen LogP contribution >= 0.6 is 22.9 Å². The number of hydrogen-bond donors (Lipinski definition) is 1. The molecule has 2 nitrogen and oxygen atoms in total. The van der Waals surface area contributed by atoms with Gasteiger partial charge < -0.3 is 5.32 Å². The topological polar surface area (TPSA) is 29.1 Å². The maximum absolute atomic E-state index is 12.0. The van der Waals surface area contributed by atoms with Gasteiger partial charge >= 0.3 is 0 Å². The highest BCUT2D eigenvalue weighted by Gasteiger charge is 2.17. The zero-order valence-electron chi connectivity index (χ0n) is 12.6. The predicted molar refractivity (Wildman–Crippen MR) is 95.2 cm³/mol. The van der Waals surface area contributed by atoms with Crippen molar-refractivity contribution in [2.24, 2.45) is 0 Å². The molecule has 0 aliphatic heterocycles. The van der Waals surface area contributed by atoms with Crippen LogP contribution in [-0.2, 0) is 6.42 Å². The molecule has 0 radical (unpaired) electrons. The summed E-state index contributed by atoms with van der Waals surface area (Å²) in [6.07, 6.45) is 3.83. The fourth-order valence-electron chi connectivity index (χ4n) is 2.28. The van der Waals surface area contributed by atoms with E-state index in [2.05, 4.69) is 29.6 Å². The number of halogens is 1. The quantitative estimate of drug-likeness (QED) is 0.392. The molecular formula is C18H22ClNOS. The van der Waals surface area contributed by atoms with Gasteiger partial charge in [0, 0.05) is 0 Å². The summed E-state index contributed by atoms with van der Waals surface area (Å²) in [5.74, 6) is 0.0636. The van der Waals surface area contributed by atoms with Gasteiger partial charge in [0.1, 0.15) is 0 Å². The number of alkyl halides is 1. The van der Waals surface area contributed by atoms with Gasteiger partial charge in [-0.15, -0.1) is 22.9 Å². The molecule has 0 bridgehead atoms. The molecule has 0 aliphatic carbocycles. The highest BCUT2D eigenvalue weighted by Crippen LogP contribution is 2.18.